The van der Waals surface area contributed by atoms with Gasteiger partial charge in [0, 0.05) is 0 Å². The number of carbonyl (C=O) groups excluding carboxylic acids is 1. The van der Waals surface area contributed by atoms with E-state index in [-0.39, 0.29) is 12.7 Å². The first-order valence-electron chi connectivity index (χ1n) is 7.60. The van der Waals surface area contributed by atoms with Gasteiger partial charge >= 0.3 is 5.97 Å². The fourth-order valence-electron chi connectivity index (χ4n) is 2.96. The van der Waals surface area contributed by atoms with E-state index in [0.29, 0.717) is 5.92 Å². The molecule has 0 heterocycles. The number of nitrogens with two attached hydrogens (primary N) is 1. The van der Waals surface area contributed by atoms with E-state index in [4.69, 9.17) is 15.2 Å². The molecule has 2 N–H and O–H groups in total. The molecule has 0 spiro atoms. The van der Waals surface area contributed by atoms with Crippen molar-refractivity contribution in [2.75, 3.05) is 13.7 Å². The lowest BCUT2D eigenvalue weighted by atomic mass is 9.88. The fraction of sp³-hybridized carbons (Fsp3) is 0.588. The first-order valence-corrected chi connectivity index (χ1v) is 7.60. The molecule has 1 aliphatic carbocycles. The largest absolute Gasteiger partial charge is 0.467 e. The van der Waals surface area contributed by atoms with Crippen LogP contribution < -0.4 is 5.73 Å². The summed E-state index contributed by atoms with van der Waals surface area (Å²) in [5.41, 5.74) is 5.81. The summed E-state index contributed by atoms with van der Waals surface area (Å²) in [5, 5.41) is 0. The lowest BCUT2D eigenvalue weighted by Crippen LogP contribution is -2.50. The number of hydrogen-bond acceptors (Lipinski definition) is 4. The van der Waals surface area contributed by atoms with E-state index in [1.165, 1.54) is 20.0 Å². The van der Waals surface area contributed by atoms with E-state index in [2.05, 4.69) is 6.92 Å². The second-order valence-electron chi connectivity index (χ2n) is 6.03. The molecule has 1 aliphatic rings. The van der Waals surface area contributed by atoms with Crippen molar-refractivity contribution in [1.82, 2.24) is 0 Å². The molecule has 2 rings (SSSR count). The summed E-state index contributed by atoms with van der Waals surface area (Å²) in [4.78, 5) is 12.1. The Morgan fingerprint density at radius 3 is 2.67 bits per heavy atom. The Kier molecular flexibility index (Phi) is 5.37. The van der Waals surface area contributed by atoms with Crippen LogP contribution in [0.2, 0.25) is 0 Å². The van der Waals surface area contributed by atoms with Gasteiger partial charge < -0.3 is 15.2 Å². The molecule has 1 aromatic carbocycles. The van der Waals surface area contributed by atoms with Crippen molar-refractivity contribution in [3.63, 3.8) is 0 Å². The predicted octanol–water partition coefficient (Wildman–Crippen LogP) is 2.61. The van der Waals surface area contributed by atoms with Gasteiger partial charge in [-0.3, -0.25) is 0 Å². The molecule has 1 fully saturated rings. The van der Waals surface area contributed by atoms with Crippen LogP contribution >= 0.6 is 0 Å². The van der Waals surface area contributed by atoms with Crippen LogP contribution in [0.1, 0.15) is 38.2 Å². The SMILES string of the molecule is COC(=O)C(N)(COC1CCCC(C)C1)c1ccccc1. The molecule has 0 aliphatic heterocycles. The van der Waals surface area contributed by atoms with E-state index in [1.54, 1.807) is 0 Å². The second kappa shape index (κ2) is 7.05. The van der Waals surface area contributed by atoms with Crippen molar-refractivity contribution in [2.45, 2.75) is 44.2 Å². The minimum absolute atomic E-state index is 0.154. The zero-order valence-electron chi connectivity index (χ0n) is 12.9. The van der Waals surface area contributed by atoms with Crippen LogP contribution in [0.5, 0.6) is 0 Å². The van der Waals surface area contributed by atoms with Gasteiger partial charge in [-0.15, -0.1) is 0 Å². The third-order valence-electron chi connectivity index (χ3n) is 4.27. The number of ether oxygens (including phenoxy) is 2. The van der Waals surface area contributed by atoms with Crippen molar-refractivity contribution < 1.29 is 14.3 Å². The smallest absolute Gasteiger partial charge is 0.332 e. The van der Waals surface area contributed by atoms with Crippen LogP contribution in [0.25, 0.3) is 0 Å². The molecule has 4 heteroatoms. The standard InChI is InChI=1S/C17H25NO3/c1-13-7-6-10-15(11-13)21-12-17(18,16(19)20-2)14-8-4-3-5-9-14/h3-5,8-9,13,15H,6-7,10-12,18H2,1-2H3. The van der Waals surface area contributed by atoms with Crippen LogP contribution in [0, 0.1) is 5.92 Å². The highest BCUT2D eigenvalue weighted by atomic mass is 16.5. The third kappa shape index (κ3) is 3.83. The highest BCUT2D eigenvalue weighted by Gasteiger charge is 2.38. The van der Waals surface area contributed by atoms with Gasteiger partial charge in [-0.05, 0) is 24.3 Å². The molecule has 0 bridgehead atoms. The van der Waals surface area contributed by atoms with Crippen molar-refractivity contribution in [3.8, 4) is 0 Å². The molecular formula is C17H25NO3. The summed E-state index contributed by atoms with van der Waals surface area (Å²) < 4.78 is 10.9. The summed E-state index contributed by atoms with van der Waals surface area (Å²) in [7, 11) is 1.36. The van der Waals surface area contributed by atoms with Crippen molar-refractivity contribution in [2.24, 2.45) is 11.7 Å². The van der Waals surface area contributed by atoms with Crippen LogP contribution in [0.15, 0.2) is 30.3 Å². The van der Waals surface area contributed by atoms with Crippen molar-refractivity contribution >= 4 is 5.97 Å². The zero-order chi connectivity index (χ0) is 15.3. The molecule has 3 atom stereocenters. The molecule has 4 nitrogen and oxygen atoms in total. The van der Waals surface area contributed by atoms with E-state index in [9.17, 15) is 4.79 Å². The first kappa shape index (κ1) is 16.0. The maximum Gasteiger partial charge on any atom is 0.332 e. The van der Waals surface area contributed by atoms with E-state index < -0.39 is 11.5 Å². The van der Waals surface area contributed by atoms with Gasteiger partial charge in [0.25, 0.3) is 0 Å². The first-order chi connectivity index (χ1) is 10.1. The normalized spacial score (nSPS) is 25.1. The molecule has 3 unspecified atom stereocenters. The van der Waals surface area contributed by atoms with E-state index in [0.717, 1.165) is 18.4 Å². The van der Waals surface area contributed by atoms with Crippen molar-refractivity contribution in [1.29, 1.82) is 0 Å². The summed E-state index contributed by atoms with van der Waals surface area (Å²) in [5.74, 6) is 0.211. The van der Waals surface area contributed by atoms with Gasteiger partial charge in [-0.2, -0.15) is 0 Å². The van der Waals surface area contributed by atoms with Gasteiger partial charge in [-0.25, -0.2) is 4.79 Å². The number of rotatable bonds is 5. The molecule has 1 saturated carbocycles. The Labute approximate surface area is 126 Å². The van der Waals surface area contributed by atoms with Gasteiger partial charge in [-0.1, -0.05) is 50.1 Å². The van der Waals surface area contributed by atoms with Gasteiger partial charge in [0.2, 0.25) is 0 Å². The number of methoxy groups -OCH3 is 1. The molecule has 21 heavy (non-hydrogen) atoms. The number of carbonyl (C=O) groups is 1. The summed E-state index contributed by atoms with van der Waals surface area (Å²) in [6, 6.07) is 9.30. The molecule has 0 radical (unpaired) electrons. The summed E-state index contributed by atoms with van der Waals surface area (Å²) >= 11 is 0. The van der Waals surface area contributed by atoms with Gasteiger partial charge in [0.15, 0.2) is 5.54 Å². The monoisotopic (exact) mass is 291 g/mol. The van der Waals surface area contributed by atoms with E-state index in [1.807, 2.05) is 30.3 Å². The molecule has 0 aromatic heterocycles. The zero-order valence-corrected chi connectivity index (χ0v) is 12.9. The van der Waals surface area contributed by atoms with Crippen LogP contribution in [-0.2, 0) is 19.8 Å². The average Bonchev–Trinajstić information content (AvgIpc) is 2.52. The molecule has 0 saturated heterocycles. The Balaban J connectivity index is 2.08. The number of esters is 1. The number of hydrogen-bond donors (Lipinski definition) is 1. The number of benzene rings is 1. The quantitative estimate of drug-likeness (QED) is 0.847. The predicted molar refractivity (Wildman–Crippen MR) is 81.7 cm³/mol. The lowest BCUT2D eigenvalue weighted by molar-refractivity contribution is -0.151. The van der Waals surface area contributed by atoms with Crippen LogP contribution in [-0.4, -0.2) is 25.8 Å². The molecule has 116 valence electrons. The Bertz CT molecular complexity index is 462. The Hall–Kier alpha value is -1.39. The maximum absolute atomic E-state index is 12.1. The topological polar surface area (TPSA) is 61.5 Å². The molecular weight excluding hydrogens is 266 g/mol. The Morgan fingerprint density at radius 2 is 2.05 bits per heavy atom. The minimum atomic E-state index is -1.24. The molecule has 0 amide bonds. The molecule has 1 aromatic rings. The van der Waals surface area contributed by atoms with E-state index >= 15 is 0 Å². The lowest BCUT2D eigenvalue weighted by Gasteiger charge is -2.32. The highest BCUT2D eigenvalue weighted by Crippen LogP contribution is 2.28. The summed E-state index contributed by atoms with van der Waals surface area (Å²) in [6.45, 7) is 2.39. The minimum Gasteiger partial charge on any atom is -0.467 e. The van der Waals surface area contributed by atoms with Gasteiger partial charge in [0.05, 0.1) is 19.8 Å². The van der Waals surface area contributed by atoms with Crippen LogP contribution in [0.4, 0.5) is 0 Å². The van der Waals surface area contributed by atoms with Crippen molar-refractivity contribution in [3.05, 3.63) is 35.9 Å². The Morgan fingerprint density at radius 1 is 1.33 bits per heavy atom. The second-order valence-corrected chi connectivity index (χ2v) is 6.03. The van der Waals surface area contributed by atoms with Gasteiger partial charge in [0.1, 0.15) is 0 Å². The van der Waals surface area contributed by atoms with Crippen LogP contribution in [0.3, 0.4) is 0 Å². The highest BCUT2D eigenvalue weighted by molar-refractivity contribution is 5.82. The fourth-order valence-corrected chi connectivity index (χ4v) is 2.96. The third-order valence-corrected chi connectivity index (χ3v) is 4.27. The maximum atomic E-state index is 12.1. The summed E-state index contributed by atoms with van der Waals surface area (Å²) in [6.07, 6.45) is 4.68. The average molecular weight is 291 g/mol.